The maximum absolute atomic E-state index is 12.7. The lowest BCUT2D eigenvalue weighted by Crippen LogP contribution is -2.35. The molecule has 1 saturated heterocycles. The molecule has 2 aliphatic heterocycles. The number of thioether (sulfide) groups is 1. The van der Waals surface area contributed by atoms with Crippen molar-refractivity contribution in [1.82, 2.24) is 9.91 Å². The molecule has 0 aromatic heterocycles. The number of hydrazone groups is 1. The number of anilines is 1. The number of hydrogen-bond donors (Lipinski definition) is 1. The van der Waals surface area contributed by atoms with E-state index in [1.165, 1.54) is 12.7 Å². The first-order chi connectivity index (χ1) is 15.6. The fourth-order valence-corrected chi connectivity index (χ4v) is 4.70. The van der Waals surface area contributed by atoms with Gasteiger partial charge in [-0.25, -0.2) is 0 Å². The van der Waals surface area contributed by atoms with Gasteiger partial charge in [0.1, 0.15) is 0 Å². The van der Waals surface area contributed by atoms with Gasteiger partial charge in [-0.3, -0.25) is 19.5 Å². The summed E-state index contributed by atoms with van der Waals surface area (Å²) >= 11 is 1.96. The molecule has 1 fully saturated rings. The molecule has 1 amide bonds. The van der Waals surface area contributed by atoms with E-state index in [1.54, 1.807) is 0 Å². The molecule has 168 valence electrons. The molecule has 0 aliphatic carbocycles. The first-order valence-electron chi connectivity index (χ1n) is 10.8. The van der Waals surface area contributed by atoms with E-state index in [0.717, 1.165) is 54.4 Å². The molecule has 8 heteroatoms. The predicted molar refractivity (Wildman–Crippen MR) is 128 cm³/mol. The summed E-state index contributed by atoms with van der Waals surface area (Å²) in [7, 11) is 1.40. The van der Waals surface area contributed by atoms with Crippen LogP contribution in [-0.4, -0.2) is 72.8 Å². The van der Waals surface area contributed by atoms with Gasteiger partial charge in [0.15, 0.2) is 0 Å². The second-order valence-corrected chi connectivity index (χ2v) is 9.13. The molecule has 1 N–H and O–H groups in total. The number of fused-ring (bicyclic) bond motifs is 1. The number of benzene rings is 2. The first kappa shape index (κ1) is 22.4. The van der Waals surface area contributed by atoms with Crippen LogP contribution in [0.15, 0.2) is 47.6 Å². The van der Waals surface area contributed by atoms with Gasteiger partial charge in [-0.1, -0.05) is 18.2 Å². The molecule has 0 saturated carbocycles. The van der Waals surface area contributed by atoms with Crippen molar-refractivity contribution in [2.45, 2.75) is 13.0 Å². The molecule has 0 unspecified atom stereocenters. The molecule has 7 nitrogen and oxygen atoms in total. The zero-order chi connectivity index (χ0) is 22.3. The van der Waals surface area contributed by atoms with E-state index in [-0.39, 0.29) is 18.4 Å². The van der Waals surface area contributed by atoms with E-state index >= 15 is 0 Å². The Bertz CT molecular complexity index is 987. The van der Waals surface area contributed by atoms with Crippen molar-refractivity contribution in [1.29, 1.82) is 0 Å². The highest BCUT2D eigenvalue weighted by Gasteiger charge is 2.19. The Labute approximate surface area is 192 Å². The van der Waals surface area contributed by atoms with Gasteiger partial charge < -0.3 is 10.1 Å². The Morgan fingerprint density at radius 1 is 1.09 bits per heavy atom. The summed E-state index contributed by atoms with van der Waals surface area (Å²) in [5.74, 6) is 1.84. The Morgan fingerprint density at radius 3 is 2.62 bits per heavy atom. The lowest BCUT2D eigenvalue weighted by atomic mass is 9.99. The molecule has 0 spiro atoms. The van der Waals surface area contributed by atoms with Crippen molar-refractivity contribution in [3.8, 4) is 0 Å². The molecule has 2 aromatic carbocycles. The van der Waals surface area contributed by atoms with E-state index in [1.807, 2.05) is 54.4 Å². The lowest BCUT2D eigenvalue weighted by Gasteiger charge is -2.28. The number of ether oxygens (including phenoxy) is 1. The van der Waals surface area contributed by atoms with Crippen LogP contribution in [0.3, 0.4) is 0 Å². The molecule has 0 bridgehead atoms. The number of esters is 1. The van der Waals surface area contributed by atoms with E-state index in [4.69, 9.17) is 4.74 Å². The summed E-state index contributed by atoms with van der Waals surface area (Å²) in [5.41, 5.74) is 4.70. The zero-order valence-corrected chi connectivity index (χ0v) is 19.1. The van der Waals surface area contributed by atoms with Crippen molar-refractivity contribution in [2.75, 3.05) is 50.1 Å². The van der Waals surface area contributed by atoms with Crippen molar-refractivity contribution < 1.29 is 14.3 Å². The molecule has 2 heterocycles. The number of carbonyl (C=O) groups is 2. The minimum absolute atomic E-state index is 0.149. The Hall–Kier alpha value is -2.84. The number of methoxy groups -OCH3 is 1. The third-order valence-corrected chi connectivity index (χ3v) is 6.61. The normalized spacial score (nSPS) is 16.6. The van der Waals surface area contributed by atoms with Crippen LogP contribution in [0.2, 0.25) is 0 Å². The fourth-order valence-electron chi connectivity index (χ4n) is 3.82. The van der Waals surface area contributed by atoms with Crippen molar-refractivity contribution in [3.05, 3.63) is 64.7 Å². The number of carbonyl (C=O) groups excluding carboxylic acids is 2. The van der Waals surface area contributed by atoms with E-state index in [2.05, 4.69) is 26.4 Å². The van der Waals surface area contributed by atoms with Gasteiger partial charge in [0.05, 0.1) is 19.9 Å². The van der Waals surface area contributed by atoms with Gasteiger partial charge >= 0.3 is 5.97 Å². The lowest BCUT2D eigenvalue weighted by molar-refractivity contribution is -0.142. The summed E-state index contributed by atoms with van der Waals surface area (Å²) in [5, 5.41) is 9.60. The Balaban J connectivity index is 1.36. The maximum Gasteiger partial charge on any atom is 0.319 e. The van der Waals surface area contributed by atoms with Gasteiger partial charge in [-0.2, -0.15) is 16.9 Å². The number of amides is 1. The van der Waals surface area contributed by atoms with Crippen molar-refractivity contribution in [2.24, 2.45) is 5.10 Å². The van der Waals surface area contributed by atoms with Crippen molar-refractivity contribution in [3.63, 3.8) is 0 Å². The van der Waals surface area contributed by atoms with Gasteiger partial charge in [0.2, 0.25) is 0 Å². The monoisotopic (exact) mass is 452 g/mol. The summed E-state index contributed by atoms with van der Waals surface area (Å²) in [6.45, 7) is 3.71. The number of rotatable bonds is 6. The predicted octanol–water partition coefficient (Wildman–Crippen LogP) is 2.85. The third-order valence-electron chi connectivity index (χ3n) is 5.67. The van der Waals surface area contributed by atoms with Gasteiger partial charge in [-0.05, 0) is 47.4 Å². The summed E-state index contributed by atoms with van der Waals surface area (Å²) in [6, 6.07) is 13.4. The van der Waals surface area contributed by atoms with Crippen molar-refractivity contribution >= 4 is 35.5 Å². The molecule has 32 heavy (non-hydrogen) atoms. The summed E-state index contributed by atoms with van der Waals surface area (Å²) in [6.07, 6.45) is 2.72. The molecule has 0 atom stereocenters. The molecule has 2 aliphatic rings. The van der Waals surface area contributed by atoms with Crippen LogP contribution in [0.4, 0.5) is 5.69 Å². The standard InChI is InChI=1S/C24H28N4O3S/c1-31-23(29)17-27-9-8-19-6-7-22(14-21(19)16-27)26-24(30)20-4-2-18(3-5-20)15-25-28-10-12-32-13-11-28/h2-7,14-15H,8-13,16-17H2,1H3,(H,26,30)/b25-15+. The average Bonchev–Trinajstić information content (AvgIpc) is 2.83. The highest BCUT2D eigenvalue weighted by molar-refractivity contribution is 7.99. The number of hydrogen-bond acceptors (Lipinski definition) is 7. The summed E-state index contributed by atoms with van der Waals surface area (Å²) in [4.78, 5) is 26.4. The highest BCUT2D eigenvalue weighted by Crippen LogP contribution is 2.23. The highest BCUT2D eigenvalue weighted by atomic mass is 32.2. The topological polar surface area (TPSA) is 74.2 Å². The zero-order valence-electron chi connectivity index (χ0n) is 18.3. The van der Waals surface area contributed by atoms with Crippen LogP contribution in [-0.2, 0) is 22.5 Å². The second-order valence-electron chi connectivity index (χ2n) is 7.91. The Kier molecular flexibility index (Phi) is 7.44. The fraction of sp³-hybridized carbons (Fsp3) is 0.375. The SMILES string of the molecule is COC(=O)CN1CCc2ccc(NC(=O)c3ccc(/C=N/N4CCSCC4)cc3)cc2C1. The molecular weight excluding hydrogens is 424 g/mol. The van der Waals surface area contributed by atoms with Crippen LogP contribution >= 0.6 is 11.8 Å². The minimum atomic E-state index is -0.235. The van der Waals surface area contributed by atoms with Crippen LogP contribution in [0.25, 0.3) is 0 Å². The maximum atomic E-state index is 12.7. The largest absolute Gasteiger partial charge is 0.468 e. The van der Waals surface area contributed by atoms with E-state index in [0.29, 0.717) is 12.1 Å². The smallest absolute Gasteiger partial charge is 0.319 e. The quantitative estimate of drug-likeness (QED) is 0.537. The van der Waals surface area contributed by atoms with E-state index < -0.39 is 0 Å². The first-order valence-corrected chi connectivity index (χ1v) is 12.0. The molecule has 0 radical (unpaired) electrons. The third kappa shape index (κ3) is 5.89. The average molecular weight is 453 g/mol. The van der Waals surface area contributed by atoms with E-state index in [9.17, 15) is 9.59 Å². The molecular formula is C24H28N4O3S. The van der Waals surface area contributed by atoms with Crippen LogP contribution in [0, 0.1) is 0 Å². The molecule has 4 rings (SSSR count). The van der Waals surface area contributed by atoms with Crippen LogP contribution in [0.5, 0.6) is 0 Å². The van der Waals surface area contributed by atoms with Crippen LogP contribution < -0.4 is 5.32 Å². The Morgan fingerprint density at radius 2 is 1.88 bits per heavy atom. The number of nitrogens with one attached hydrogen (secondary N) is 1. The number of nitrogens with zero attached hydrogens (tertiary/aromatic N) is 3. The minimum Gasteiger partial charge on any atom is -0.468 e. The van der Waals surface area contributed by atoms with Gasteiger partial charge in [0, 0.05) is 48.9 Å². The van der Waals surface area contributed by atoms with Gasteiger partial charge in [0.25, 0.3) is 5.91 Å². The summed E-state index contributed by atoms with van der Waals surface area (Å²) < 4.78 is 4.77. The van der Waals surface area contributed by atoms with Crippen LogP contribution in [0.1, 0.15) is 27.0 Å². The van der Waals surface area contributed by atoms with Gasteiger partial charge in [-0.15, -0.1) is 0 Å². The second kappa shape index (κ2) is 10.7. The molecule has 2 aromatic rings.